The van der Waals surface area contributed by atoms with Gasteiger partial charge < -0.3 is 14.8 Å². The molecule has 0 radical (unpaired) electrons. The van der Waals surface area contributed by atoms with Crippen LogP contribution >= 0.6 is 35.1 Å². The molecule has 0 fully saturated rings. The van der Waals surface area contributed by atoms with E-state index in [2.05, 4.69) is 46.6 Å². The minimum Gasteiger partial charge on any atom is -0.494 e. The minimum absolute atomic E-state index is 0. The van der Waals surface area contributed by atoms with Crippen LogP contribution in [-0.4, -0.2) is 35.5 Å². The minimum atomic E-state index is -0.189. The lowest BCUT2D eigenvalue weighted by Gasteiger charge is -2.27. The number of rotatable bonds is 9. The molecule has 0 saturated heterocycles. The summed E-state index contributed by atoms with van der Waals surface area (Å²) in [7, 11) is 0. The molecule has 6 nitrogen and oxygen atoms in total. The molecule has 0 unspecified atom stereocenters. The van der Waals surface area contributed by atoms with Crippen LogP contribution in [0.3, 0.4) is 0 Å². The number of para-hydroxylation sites is 1. The molecule has 3 heterocycles. The number of thiazole rings is 1. The molecule has 1 N–H and O–H groups in total. The van der Waals surface area contributed by atoms with Gasteiger partial charge in [-0.1, -0.05) is 42.5 Å². The molecule has 0 saturated carbocycles. The summed E-state index contributed by atoms with van der Waals surface area (Å²) in [6.07, 6.45) is 0.919. The monoisotopic (exact) mass is 591 g/mol. The summed E-state index contributed by atoms with van der Waals surface area (Å²) in [4.78, 5) is 21.8. The zero-order valence-electron chi connectivity index (χ0n) is 22.1. The molecule has 2 aromatic heterocycles. The van der Waals surface area contributed by atoms with Crippen molar-refractivity contribution in [1.82, 2.24) is 9.88 Å². The van der Waals surface area contributed by atoms with E-state index in [-0.39, 0.29) is 24.9 Å². The van der Waals surface area contributed by atoms with Crippen molar-refractivity contribution in [3.05, 3.63) is 94.9 Å². The van der Waals surface area contributed by atoms with Crippen LogP contribution in [-0.2, 0) is 24.3 Å². The van der Waals surface area contributed by atoms with Gasteiger partial charge in [-0.3, -0.25) is 9.69 Å². The molecule has 5 aromatic rings. The highest BCUT2D eigenvalue weighted by Gasteiger charge is 2.28. The van der Waals surface area contributed by atoms with Crippen molar-refractivity contribution in [2.24, 2.45) is 0 Å². The van der Waals surface area contributed by atoms with E-state index in [0.717, 1.165) is 57.6 Å². The third-order valence-corrected chi connectivity index (χ3v) is 8.84. The first-order valence-electron chi connectivity index (χ1n) is 13.1. The number of hydrogen-bond donors (Lipinski definition) is 1. The Morgan fingerprint density at radius 2 is 1.68 bits per heavy atom. The van der Waals surface area contributed by atoms with Gasteiger partial charge in [0.1, 0.15) is 21.5 Å². The van der Waals surface area contributed by atoms with E-state index in [0.29, 0.717) is 12.4 Å². The molecular weight excluding hydrogens is 562 g/mol. The maximum Gasteiger partial charge on any atom is 0.262 e. The van der Waals surface area contributed by atoms with E-state index < -0.39 is 0 Å². The van der Waals surface area contributed by atoms with Gasteiger partial charge >= 0.3 is 0 Å². The second kappa shape index (κ2) is 12.8. The fourth-order valence-electron chi connectivity index (χ4n) is 4.84. The van der Waals surface area contributed by atoms with Gasteiger partial charge in [-0.25, -0.2) is 4.98 Å². The molecule has 3 aromatic carbocycles. The lowest BCUT2D eigenvalue weighted by atomic mass is 10.0. The first kappa shape index (κ1) is 28.1. The number of hydrogen-bond acceptors (Lipinski definition) is 7. The Kier molecular flexibility index (Phi) is 9.01. The third kappa shape index (κ3) is 6.31. The predicted molar refractivity (Wildman–Crippen MR) is 166 cm³/mol. The predicted octanol–water partition coefficient (Wildman–Crippen LogP) is 7.42. The SMILES string of the molecule is CCOc1ccc(OCC(=O)Nc2sc3c(c2-c2nc4ccccc4s2)CCN(Cc2ccccc2)C3)cc1.Cl. The number of benzene rings is 3. The average Bonchev–Trinajstić information content (AvgIpc) is 3.54. The van der Waals surface area contributed by atoms with Crippen LogP contribution in [0.1, 0.15) is 22.9 Å². The van der Waals surface area contributed by atoms with Crippen molar-refractivity contribution in [2.45, 2.75) is 26.4 Å². The van der Waals surface area contributed by atoms with Crippen molar-refractivity contribution < 1.29 is 14.3 Å². The highest BCUT2D eigenvalue weighted by molar-refractivity contribution is 7.22. The molecule has 40 heavy (non-hydrogen) atoms. The highest BCUT2D eigenvalue weighted by Crippen LogP contribution is 2.45. The number of thiophene rings is 1. The van der Waals surface area contributed by atoms with Gasteiger partial charge in [-0.15, -0.1) is 35.1 Å². The fourth-order valence-corrected chi connectivity index (χ4v) is 7.25. The summed E-state index contributed by atoms with van der Waals surface area (Å²) in [6.45, 7) is 5.20. The quantitative estimate of drug-likeness (QED) is 0.193. The standard InChI is InChI=1S/C31H29N3O3S2.ClH/c1-2-36-22-12-14-23(15-13-22)37-20-28(35)33-31-29(30-32-25-10-6-7-11-26(25)38-30)24-16-17-34(19-27(24)39-31)18-21-8-4-3-5-9-21;/h3-15H,2,16-20H2,1H3,(H,33,35);1H. The van der Waals surface area contributed by atoms with Gasteiger partial charge in [0.05, 0.1) is 16.8 Å². The lowest BCUT2D eigenvalue weighted by molar-refractivity contribution is -0.118. The summed E-state index contributed by atoms with van der Waals surface area (Å²) < 4.78 is 12.4. The molecule has 0 bridgehead atoms. The van der Waals surface area contributed by atoms with Crippen molar-refractivity contribution in [3.63, 3.8) is 0 Å². The largest absolute Gasteiger partial charge is 0.494 e. The van der Waals surface area contributed by atoms with Gasteiger partial charge in [0, 0.05) is 30.1 Å². The van der Waals surface area contributed by atoms with Gasteiger partial charge in [0.15, 0.2) is 6.61 Å². The number of amides is 1. The highest BCUT2D eigenvalue weighted by atomic mass is 35.5. The van der Waals surface area contributed by atoms with Crippen LogP contribution in [0.4, 0.5) is 5.00 Å². The van der Waals surface area contributed by atoms with Crippen molar-refractivity contribution in [3.8, 4) is 22.1 Å². The van der Waals surface area contributed by atoms with E-state index in [9.17, 15) is 4.79 Å². The number of aromatic nitrogens is 1. The first-order chi connectivity index (χ1) is 19.2. The Balaban J connectivity index is 0.00000323. The van der Waals surface area contributed by atoms with Crippen LogP contribution in [0.15, 0.2) is 78.9 Å². The van der Waals surface area contributed by atoms with Crippen molar-refractivity contribution in [1.29, 1.82) is 0 Å². The number of halogens is 1. The van der Waals surface area contributed by atoms with E-state index in [1.165, 1.54) is 16.0 Å². The second-order valence-electron chi connectivity index (χ2n) is 9.38. The van der Waals surface area contributed by atoms with E-state index in [1.807, 2.05) is 49.4 Å². The van der Waals surface area contributed by atoms with Gasteiger partial charge in [0.2, 0.25) is 0 Å². The van der Waals surface area contributed by atoms with E-state index in [4.69, 9.17) is 14.5 Å². The van der Waals surface area contributed by atoms with E-state index >= 15 is 0 Å². The maximum atomic E-state index is 13.0. The van der Waals surface area contributed by atoms with Crippen LogP contribution in [0.2, 0.25) is 0 Å². The maximum absolute atomic E-state index is 13.0. The third-order valence-electron chi connectivity index (χ3n) is 6.65. The van der Waals surface area contributed by atoms with Gasteiger partial charge in [0.25, 0.3) is 5.91 Å². The van der Waals surface area contributed by atoms with Crippen LogP contribution in [0.25, 0.3) is 20.8 Å². The van der Waals surface area contributed by atoms with Crippen LogP contribution in [0, 0.1) is 0 Å². The summed E-state index contributed by atoms with van der Waals surface area (Å²) in [5.41, 5.74) is 4.65. The smallest absolute Gasteiger partial charge is 0.262 e. The molecule has 9 heteroatoms. The number of carbonyl (C=O) groups excluding carboxylic acids is 1. The first-order valence-corrected chi connectivity index (χ1v) is 14.7. The Hall–Kier alpha value is -3.43. The Labute approximate surface area is 248 Å². The lowest BCUT2D eigenvalue weighted by Crippen LogP contribution is -2.29. The number of ether oxygens (including phenoxy) is 2. The Morgan fingerprint density at radius 3 is 2.42 bits per heavy atom. The number of anilines is 1. The Morgan fingerprint density at radius 1 is 0.950 bits per heavy atom. The fraction of sp³-hybridized carbons (Fsp3) is 0.226. The van der Waals surface area contributed by atoms with Crippen molar-refractivity contribution >= 4 is 56.2 Å². The normalized spacial score (nSPS) is 12.9. The number of nitrogens with zero attached hydrogens (tertiary/aromatic N) is 2. The van der Waals surface area contributed by atoms with Gasteiger partial charge in [-0.2, -0.15) is 0 Å². The number of nitrogens with one attached hydrogen (secondary N) is 1. The summed E-state index contributed by atoms with van der Waals surface area (Å²) in [5.74, 6) is 1.22. The molecule has 1 amide bonds. The molecule has 206 valence electrons. The van der Waals surface area contributed by atoms with Crippen LogP contribution in [0.5, 0.6) is 11.5 Å². The second-order valence-corrected chi connectivity index (χ2v) is 11.5. The number of carbonyl (C=O) groups is 1. The average molecular weight is 592 g/mol. The molecular formula is C31H30ClN3O3S2. The zero-order valence-corrected chi connectivity index (χ0v) is 24.5. The topological polar surface area (TPSA) is 63.7 Å². The van der Waals surface area contributed by atoms with Gasteiger partial charge in [-0.05, 0) is 60.9 Å². The molecule has 0 spiro atoms. The molecule has 0 atom stereocenters. The zero-order chi connectivity index (χ0) is 26.6. The summed E-state index contributed by atoms with van der Waals surface area (Å²) >= 11 is 3.33. The Bertz CT molecular complexity index is 1550. The molecule has 1 aliphatic rings. The summed E-state index contributed by atoms with van der Waals surface area (Å²) in [6, 6.07) is 26.1. The van der Waals surface area contributed by atoms with Crippen LogP contribution < -0.4 is 14.8 Å². The van der Waals surface area contributed by atoms with Crippen molar-refractivity contribution in [2.75, 3.05) is 25.1 Å². The molecule has 0 aliphatic carbocycles. The molecule has 6 rings (SSSR count). The molecule has 1 aliphatic heterocycles. The number of fused-ring (bicyclic) bond motifs is 2. The summed E-state index contributed by atoms with van der Waals surface area (Å²) in [5, 5.41) is 4.95. The van der Waals surface area contributed by atoms with E-state index in [1.54, 1.807) is 22.7 Å².